The Labute approximate surface area is 111 Å². The van der Waals surface area contributed by atoms with E-state index in [1.165, 1.54) is 0 Å². The molecule has 2 rings (SSSR count). The van der Waals surface area contributed by atoms with E-state index in [4.69, 9.17) is 11.6 Å². The number of nitrogens with zero attached hydrogens (tertiary/aromatic N) is 2. The van der Waals surface area contributed by atoms with Gasteiger partial charge >= 0.3 is 0 Å². The summed E-state index contributed by atoms with van der Waals surface area (Å²) >= 11 is 5.80. The zero-order valence-corrected chi connectivity index (χ0v) is 10.7. The Hall–Kier alpha value is -1.65. The maximum Gasteiger partial charge on any atom is 0.224 e. The summed E-state index contributed by atoms with van der Waals surface area (Å²) in [6, 6.07) is 11.3. The van der Waals surface area contributed by atoms with Crippen LogP contribution in [0.1, 0.15) is 17.3 Å². The molecule has 1 unspecified atom stereocenters. The van der Waals surface area contributed by atoms with Gasteiger partial charge in [0.25, 0.3) is 0 Å². The first kappa shape index (κ1) is 12.8. The number of hydrogen-bond acceptors (Lipinski definition) is 4. The Morgan fingerprint density at radius 1 is 1.28 bits per heavy atom. The predicted molar refractivity (Wildman–Crippen MR) is 71.7 cm³/mol. The molecule has 0 aliphatic heterocycles. The highest BCUT2D eigenvalue weighted by Crippen LogP contribution is 2.19. The fourth-order valence-electron chi connectivity index (χ4n) is 1.70. The van der Waals surface area contributed by atoms with Crippen molar-refractivity contribution in [2.75, 3.05) is 11.9 Å². The number of aliphatic hydroxyl groups is 1. The lowest BCUT2D eigenvalue weighted by Crippen LogP contribution is -2.15. The molecular formula is C13H14ClN3O. The first-order chi connectivity index (χ1) is 8.69. The number of anilines is 1. The molecule has 0 fully saturated rings. The van der Waals surface area contributed by atoms with Gasteiger partial charge in [-0.3, -0.25) is 0 Å². The molecule has 94 valence electrons. The summed E-state index contributed by atoms with van der Waals surface area (Å²) in [5.74, 6) is 0.607. The van der Waals surface area contributed by atoms with Crippen LogP contribution in [0.5, 0.6) is 0 Å². The molecule has 2 aromatic rings. The maximum atomic E-state index is 9.44. The third kappa shape index (κ3) is 3.18. The zero-order valence-electron chi connectivity index (χ0n) is 9.97. The van der Waals surface area contributed by atoms with Gasteiger partial charge < -0.3 is 10.4 Å². The molecule has 18 heavy (non-hydrogen) atoms. The molecule has 0 spiro atoms. The lowest BCUT2D eigenvalue weighted by Gasteiger charge is -2.17. The van der Waals surface area contributed by atoms with Crippen LogP contribution < -0.4 is 5.32 Å². The van der Waals surface area contributed by atoms with E-state index in [-0.39, 0.29) is 17.9 Å². The quantitative estimate of drug-likeness (QED) is 0.833. The summed E-state index contributed by atoms with van der Waals surface area (Å²) in [7, 11) is 0. The van der Waals surface area contributed by atoms with Crippen LogP contribution in [0.25, 0.3) is 0 Å². The van der Waals surface area contributed by atoms with Crippen LogP contribution in [0.15, 0.2) is 36.4 Å². The Morgan fingerprint density at radius 3 is 2.61 bits per heavy atom. The van der Waals surface area contributed by atoms with Crippen molar-refractivity contribution in [2.45, 2.75) is 13.0 Å². The van der Waals surface area contributed by atoms with E-state index in [9.17, 15) is 5.11 Å². The monoisotopic (exact) mass is 263 g/mol. The number of rotatable bonds is 4. The van der Waals surface area contributed by atoms with Crippen molar-refractivity contribution >= 4 is 17.4 Å². The standard InChI is InChI=1S/C13H14ClN3O/c1-9-7-12(17-13(14)15-9)16-11(8-18)10-5-3-2-4-6-10/h2-7,11,18H,8H2,1H3,(H,15,16,17). The van der Waals surface area contributed by atoms with Gasteiger partial charge in [0, 0.05) is 11.8 Å². The van der Waals surface area contributed by atoms with Crippen molar-refractivity contribution in [3.63, 3.8) is 0 Å². The number of aryl methyl sites for hydroxylation is 1. The largest absolute Gasteiger partial charge is 0.394 e. The summed E-state index contributed by atoms with van der Waals surface area (Å²) in [6.07, 6.45) is 0. The molecule has 0 radical (unpaired) electrons. The summed E-state index contributed by atoms with van der Waals surface area (Å²) in [4.78, 5) is 8.07. The first-order valence-corrected chi connectivity index (χ1v) is 6.00. The van der Waals surface area contributed by atoms with Gasteiger partial charge in [-0.25, -0.2) is 9.97 Å². The topological polar surface area (TPSA) is 58.0 Å². The second kappa shape index (κ2) is 5.80. The van der Waals surface area contributed by atoms with Crippen molar-refractivity contribution in [1.29, 1.82) is 0 Å². The normalized spacial score (nSPS) is 12.2. The molecule has 2 N–H and O–H groups in total. The number of nitrogens with one attached hydrogen (secondary N) is 1. The first-order valence-electron chi connectivity index (χ1n) is 5.62. The average molecular weight is 264 g/mol. The summed E-state index contributed by atoms with van der Waals surface area (Å²) in [5, 5.41) is 12.8. The fraction of sp³-hybridized carbons (Fsp3) is 0.231. The van der Waals surface area contributed by atoms with E-state index < -0.39 is 0 Å². The van der Waals surface area contributed by atoms with Gasteiger partial charge in [-0.1, -0.05) is 30.3 Å². The van der Waals surface area contributed by atoms with Gasteiger partial charge in [0.2, 0.25) is 5.28 Å². The van der Waals surface area contributed by atoms with Crippen molar-refractivity contribution in [1.82, 2.24) is 9.97 Å². The highest BCUT2D eigenvalue weighted by atomic mass is 35.5. The maximum absolute atomic E-state index is 9.44. The number of halogens is 1. The zero-order chi connectivity index (χ0) is 13.0. The second-order valence-electron chi connectivity index (χ2n) is 3.95. The van der Waals surface area contributed by atoms with Gasteiger partial charge in [0.1, 0.15) is 5.82 Å². The van der Waals surface area contributed by atoms with Gasteiger partial charge in [0.05, 0.1) is 12.6 Å². The molecule has 1 aromatic carbocycles. The molecule has 0 saturated carbocycles. The van der Waals surface area contributed by atoms with Crippen LogP contribution >= 0.6 is 11.6 Å². The van der Waals surface area contributed by atoms with Crippen molar-refractivity contribution in [3.05, 3.63) is 52.9 Å². The van der Waals surface area contributed by atoms with Crippen LogP contribution in [0.4, 0.5) is 5.82 Å². The molecule has 1 atom stereocenters. The van der Waals surface area contributed by atoms with E-state index >= 15 is 0 Å². The molecule has 0 bridgehead atoms. The third-order valence-corrected chi connectivity index (χ3v) is 2.70. The Morgan fingerprint density at radius 2 is 2.00 bits per heavy atom. The van der Waals surface area contributed by atoms with Crippen LogP contribution in [0.3, 0.4) is 0 Å². The number of aliphatic hydroxyl groups excluding tert-OH is 1. The smallest absolute Gasteiger partial charge is 0.224 e. The lowest BCUT2D eigenvalue weighted by atomic mass is 10.1. The Kier molecular flexibility index (Phi) is 4.12. The van der Waals surface area contributed by atoms with E-state index in [1.54, 1.807) is 6.07 Å². The number of aromatic nitrogens is 2. The van der Waals surface area contributed by atoms with E-state index in [2.05, 4.69) is 15.3 Å². The van der Waals surface area contributed by atoms with Crippen molar-refractivity contribution in [3.8, 4) is 0 Å². The van der Waals surface area contributed by atoms with Crippen LogP contribution in [0.2, 0.25) is 5.28 Å². The Bertz CT molecular complexity index is 499. The molecule has 4 nitrogen and oxygen atoms in total. The molecule has 0 saturated heterocycles. The summed E-state index contributed by atoms with van der Waals surface area (Å²) in [6.45, 7) is 1.82. The van der Waals surface area contributed by atoms with Crippen molar-refractivity contribution in [2.24, 2.45) is 0 Å². The van der Waals surface area contributed by atoms with Gasteiger partial charge in [-0.05, 0) is 24.1 Å². The summed E-state index contributed by atoms with van der Waals surface area (Å²) < 4.78 is 0. The molecule has 0 aliphatic carbocycles. The minimum atomic E-state index is -0.212. The van der Waals surface area contributed by atoms with E-state index in [0.29, 0.717) is 5.82 Å². The van der Waals surface area contributed by atoms with Crippen LogP contribution in [0, 0.1) is 6.92 Å². The minimum absolute atomic E-state index is 0.0231. The Balaban J connectivity index is 2.20. The third-order valence-electron chi connectivity index (χ3n) is 2.53. The van der Waals surface area contributed by atoms with Gasteiger partial charge in [-0.15, -0.1) is 0 Å². The fourth-order valence-corrected chi connectivity index (χ4v) is 1.93. The van der Waals surface area contributed by atoms with Crippen molar-refractivity contribution < 1.29 is 5.11 Å². The van der Waals surface area contributed by atoms with Gasteiger partial charge in [-0.2, -0.15) is 0 Å². The summed E-state index contributed by atoms with van der Waals surface area (Å²) in [5.41, 5.74) is 1.77. The molecule has 0 amide bonds. The molecule has 1 heterocycles. The molecule has 5 heteroatoms. The predicted octanol–water partition coefficient (Wildman–Crippen LogP) is 2.58. The highest BCUT2D eigenvalue weighted by molar-refractivity contribution is 6.28. The van der Waals surface area contributed by atoms with E-state index in [1.807, 2.05) is 37.3 Å². The average Bonchev–Trinajstić information content (AvgIpc) is 2.36. The molecular weight excluding hydrogens is 250 g/mol. The number of hydrogen-bond donors (Lipinski definition) is 2. The lowest BCUT2D eigenvalue weighted by molar-refractivity contribution is 0.276. The molecule has 0 aliphatic rings. The minimum Gasteiger partial charge on any atom is -0.394 e. The second-order valence-corrected chi connectivity index (χ2v) is 4.29. The van der Waals surface area contributed by atoms with E-state index in [0.717, 1.165) is 11.3 Å². The SMILES string of the molecule is Cc1cc(NC(CO)c2ccccc2)nc(Cl)n1. The van der Waals surface area contributed by atoms with Crippen LogP contribution in [-0.4, -0.2) is 21.7 Å². The molecule has 1 aromatic heterocycles. The van der Waals surface area contributed by atoms with Crippen LogP contribution in [-0.2, 0) is 0 Å². The number of benzene rings is 1. The highest BCUT2D eigenvalue weighted by Gasteiger charge is 2.11. The van der Waals surface area contributed by atoms with Gasteiger partial charge in [0.15, 0.2) is 0 Å².